The van der Waals surface area contributed by atoms with Gasteiger partial charge in [0, 0.05) is 19.6 Å². The van der Waals surface area contributed by atoms with E-state index in [4.69, 9.17) is 26.1 Å². The van der Waals surface area contributed by atoms with Crippen molar-refractivity contribution in [3.05, 3.63) is 11.1 Å². The van der Waals surface area contributed by atoms with Crippen LogP contribution in [0.4, 0.5) is 5.82 Å². The number of halogens is 1. The second kappa shape index (κ2) is 5.58. The molecule has 124 valence electrons. The molecule has 23 heavy (non-hydrogen) atoms. The first-order valence-electron chi connectivity index (χ1n) is 8.03. The Kier molecular flexibility index (Phi) is 3.66. The van der Waals surface area contributed by atoms with Gasteiger partial charge in [-0.1, -0.05) is 6.92 Å². The Bertz CT molecular complexity index is 743. The quantitative estimate of drug-likeness (QED) is 0.781. The monoisotopic (exact) mass is 337 g/mol. The molecule has 2 aliphatic rings. The summed E-state index contributed by atoms with van der Waals surface area (Å²) in [5, 5.41) is 0.256. The van der Waals surface area contributed by atoms with Crippen molar-refractivity contribution in [2.45, 2.75) is 32.4 Å². The fourth-order valence-electron chi connectivity index (χ4n) is 3.26. The highest BCUT2D eigenvalue weighted by atomic mass is 35.5. The molecule has 0 radical (unpaired) electrons. The standard InChI is InChI=1S/C15H20ClN5O2/c1-3-15(2)13-17-10-11(20-4-7-22-8-5-20)18-14(16)19-12(10)21(13)6-9-23-15/h3-9H2,1-2H3. The molecule has 8 heteroatoms. The van der Waals surface area contributed by atoms with Crippen LogP contribution in [0, 0.1) is 0 Å². The molecular weight excluding hydrogens is 318 g/mol. The fraction of sp³-hybridized carbons (Fsp3) is 0.667. The number of fused-ring (bicyclic) bond motifs is 3. The number of morpholine rings is 1. The van der Waals surface area contributed by atoms with Crippen molar-refractivity contribution in [1.82, 2.24) is 19.5 Å². The van der Waals surface area contributed by atoms with Crippen molar-refractivity contribution < 1.29 is 9.47 Å². The van der Waals surface area contributed by atoms with Crippen LogP contribution in [0.15, 0.2) is 0 Å². The smallest absolute Gasteiger partial charge is 0.226 e. The highest BCUT2D eigenvalue weighted by Gasteiger charge is 2.36. The van der Waals surface area contributed by atoms with Crippen LogP contribution in [-0.4, -0.2) is 52.4 Å². The Labute approximate surface area is 139 Å². The molecule has 4 rings (SSSR count). The van der Waals surface area contributed by atoms with Crippen LogP contribution in [0.1, 0.15) is 26.1 Å². The summed E-state index contributed by atoms with van der Waals surface area (Å²) < 4.78 is 13.5. The van der Waals surface area contributed by atoms with Gasteiger partial charge >= 0.3 is 0 Å². The van der Waals surface area contributed by atoms with E-state index in [-0.39, 0.29) is 5.28 Å². The lowest BCUT2D eigenvalue weighted by Crippen LogP contribution is -2.37. The average Bonchev–Trinajstić information content (AvgIpc) is 2.95. The highest BCUT2D eigenvalue weighted by molar-refractivity contribution is 6.28. The number of anilines is 1. The Balaban J connectivity index is 1.92. The summed E-state index contributed by atoms with van der Waals surface area (Å²) in [4.78, 5) is 15.9. The maximum Gasteiger partial charge on any atom is 0.226 e. The molecule has 1 saturated heterocycles. The van der Waals surface area contributed by atoms with Gasteiger partial charge in [0.15, 0.2) is 17.0 Å². The van der Waals surface area contributed by atoms with E-state index >= 15 is 0 Å². The van der Waals surface area contributed by atoms with Gasteiger partial charge in [-0.05, 0) is 24.9 Å². The lowest BCUT2D eigenvalue weighted by atomic mass is 10.0. The van der Waals surface area contributed by atoms with E-state index in [9.17, 15) is 0 Å². The SMILES string of the molecule is CCC1(C)OCCn2c1nc1c(N3CCOCC3)nc(Cl)nc12. The van der Waals surface area contributed by atoms with Gasteiger partial charge < -0.3 is 18.9 Å². The minimum Gasteiger partial charge on any atom is -0.378 e. The van der Waals surface area contributed by atoms with Gasteiger partial charge in [-0.2, -0.15) is 9.97 Å². The number of hydrogen-bond donors (Lipinski definition) is 0. The molecule has 2 aliphatic heterocycles. The third kappa shape index (κ3) is 2.38. The highest BCUT2D eigenvalue weighted by Crippen LogP contribution is 2.36. The number of rotatable bonds is 2. The third-order valence-corrected chi connectivity index (χ3v) is 4.91. The van der Waals surface area contributed by atoms with E-state index < -0.39 is 5.60 Å². The Morgan fingerprint density at radius 3 is 2.65 bits per heavy atom. The van der Waals surface area contributed by atoms with Crippen molar-refractivity contribution >= 4 is 28.6 Å². The lowest BCUT2D eigenvalue weighted by molar-refractivity contribution is -0.0694. The van der Waals surface area contributed by atoms with E-state index in [0.717, 1.165) is 48.9 Å². The maximum absolute atomic E-state index is 6.19. The molecule has 0 aliphatic carbocycles. The summed E-state index contributed by atoms with van der Waals surface area (Å²) in [5.74, 6) is 1.70. The van der Waals surface area contributed by atoms with Crippen LogP contribution in [0.2, 0.25) is 5.28 Å². The van der Waals surface area contributed by atoms with Gasteiger partial charge in [0.2, 0.25) is 5.28 Å². The number of nitrogens with zero attached hydrogens (tertiary/aromatic N) is 5. The summed E-state index contributed by atoms with van der Waals surface area (Å²) in [5.41, 5.74) is 1.20. The second-order valence-corrected chi connectivity index (χ2v) is 6.45. The van der Waals surface area contributed by atoms with Gasteiger partial charge in [0.1, 0.15) is 11.4 Å². The first-order chi connectivity index (χ1) is 11.1. The second-order valence-electron chi connectivity index (χ2n) is 6.11. The average molecular weight is 338 g/mol. The van der Waals surface area contributed by atoms with Crippen LogP contribution in [-0.2, 0) is 21.6 Å². The van der Waals surface area contributed by atoms with Crippen LogP contribution < -0.4 is 4.90 Å². The Morgan fingerprint density at radius 2 is 1.91 bits per heavy atom. The first kappa shape index (κ1) is 15.1. The van der Waals surface area contributed by atoms with Crippen LogP contribution >= 0.6 is 11.6 Å². The zero-order chi connectivity index (χ0) is 16.0. The molecular formula is C15H20ClN5O2. The van der Waals surface area contributed by atoms with Crippen LogP contribution in [0.5, 0.6) is 0 Å². The summed E-state index contributed by atoms with van der Waals surface area (Å²) in [6.45, 7) is 8.51. The molecule has 0 saturated carbocycles. The van der Waals surface area contributed by atoms with Gasteiger partial charge in [-0.25, -0.2) is 4.98 Å². The minimum absolute atomic E-state index is 0.256. The number of hydrogen-bond acceptors (Lipinski definition) is 6. The largest absolute Gasteiger partial charge is 0.378 e. The molecule has 0 aromatic carbocycles. The van der Waals surface area contributed by atoms with Crippen LogP contribution in [0.25, 0.3) is 11.2 Å². The molecule has 2 aromatic rings. The zero-order valence-corrected chi connectivity index (χ0v) is 14.1. The number of aromatic nitrogens is 4. The topological polar surface area (TPSA) is 65.3 Å². The van der Waals surface area contributed by atoms with E-state index in [1.807, 2.05) is 0 Å². The van der Waals surface area contributed by atoms with Gasteiger partial charge in [-0.15, -0.1) is 0 Å². The van der Waals surface area contributed by atoms with Crippen molar-refractivity contribution in [2.75, 3.05) is 37.8 Å². The minimum atomic E-state index is -0.395. The molecule has 1 fully saturated rings. The molecule has 0 amide bonds. The van der Waals surface area contributed by atoms with Crippen molar-refractivity contribution in [1.29, 1.82) is 0 Å². The fourth-order valence-corrected chi connectivity index (χ4v) is 3.42. The maximum atomic E-state index is 6.19. The predicted octanol–water partition coefficient (Wildman–Crippen LogP) is 1.97. The van der Waals surface area contributed by atoms with E-state index in [0.29, 0.717) is 19.8 Å². The van der Waals surface area contributed by atoms with Gasteiger partial charge in [0.05, 0.1) is 19.8 Å². The summed E-state index contributed by atoms with van der Waals surface area (Å²) in [6, 6.07) is 0. The van der Waals surface area contributed by atoms with Crippen LogP contribution in [0.3, 0.4) is 0 Å². The van der Waals surface area contributed by atoms with E-state index in [1.54, 1.807) is 0 Å². The predicted molar refractivity (Wildman–Crippen MR) is 87.0 cm³/mol. The third-order valence-electron chi connectivity index (χ3n) is 4.74. The molecule has 0 N–H and O–H groups in total. The number of imidazole rings is 1. The molecule has 7 nitrogen and oxygen atoms in total. The lowest BCUT2D eigenvalue weighted by Gasteiger charge is -2.33. The molecule has 0 spiro atoms. The Morgan fingerprint density at radius 1 is 1.13 bits per heavy atom. The van der Waals surface area contributed by atoms with Crippen molar-refractivity contribution in [2.24, 2.45) is 0 Å². The summed E-state index contributed by atoms with van der Waals surface area (Å²) in [6.07, 6.45) is 0.852. The zero-order valence-electron chi connectivity index (χ0n) is 13.4. The molecule has 1 atom stereocenters. The van der Waals surface area contributed by atoms with E-state index in [2.05, 4.69) is 33.3 Å². The molecule has 0 bridgehead atoms. The van der Waals surface area contributed by atoms with Crippen molar-refractivity contribution in [3.63, 3.8) is 0 Å². The van der Waals surface area contributed by atoms with E-state index in [1.165, 1.54) is 0 Å². The first-order valence-corrected chi connectivity index (χ1v) is 8.41. The molecule has 1 unspecified atom stereocenters. The van der Waals surface area contributed by atoms with Gasteiger partial charge in [0.25, 0.3) is 0 Å². The Hall–Kier alpha value is -1.44. The van der Waals surface area contributed by atoms with Gasteiger partial charge in [-0.3, -0.25) is 0 Å². The normalized spacial score (nSPS) is 24.9. The summed E-state index contributed by atoms with van der Waals surface area (Å²) in [7, 11) is 0. The number of ether oxygens (including phenoxy) is 2. The molecule has 2 aromatic heterocycles. The van der Waals surface area contributed by atoms with Crippen molar-refractivity contribution in [3.8, 4) is 0 Å². The summed E-state index contributed by atoms with van der Waals surface area (Å²) >= 11 is 6.19. The molecule has 4 heterocycles.